The second-order valence-electron chi connectivity index (χ2n) is 34.1. The Kier molecular flexibility index (Phi) is 17.8. The van der Waals surface area contributed by atoms with Gasteiger partial charge in [0.15, 0.2) is 0 Å². The number of hydrogen-bond acceptors (Lipinski definition) is 2. The average molecular weight is 1560 g/mol. The van der Waals surface area contributed by atoms with E-state index in [9.17, 15) is 0 Å². The fraction of sp³-hybridized carbons (Fsp3) is 0.0667. The number of rotatable bonds is 14. The van der Waals surface area contributed by atoms with E-state index in [1.807, 2.05) is 0 Å². The van der Waals surface area contributed by atoms with Gasteiger partial charge in [-0.3, -0.25) is 0 Å². The third-order valence-electron chi connectivity index (χ3n) is 27.0. The molecular weight excluding hydrogens is 1470 g/mol. The molecule has 122 heavy (non-hydrogen) atoms. The summed E-state index contributed by atoms with van der Waals surface area (Å²) in [7, 11) is 0. The lowest BCUT2D eigenvalue weighted by molar-refractivity contribution is 0.660. The van der Waals surface area contributed by atoms with E-state index in [1.165, 1.54) is 167 Å². The Bertz CT molecular complexity index is 7100. The van der Waals surface area contributed by atoms with Crippen LogP contribution in [0.15, 0.2) is 461 Å². The monoisotopic (exact) mass is 1560 g/mol. The van der Waals surface area contributed by atoms with Crippen molar-refractivity contribution in [3.8, 4) is 89.0 Å². The molecule has 0 spiro atoms. The van der Waals surface area contributed by atoms with Crippen molar-refractivity contribution >= 4 is 44.9 Å². The van der Waals surface area contributed by atoms with Gasteiger partial charge in [-0.15, -0.1) is 0 Å². The Morgan fingerprint density at radius 3 is 0.844 bits per heavy atom. The van der Waals surface area contributed by atoms with Crippen LogP contribution in [-0.2, 0) is 21.7 Å². The minimum atomic E-state index is -0.478. The zero-order valence-corrected chi connectivity index (χ0v) is 68.8. The highest BCUT2D eigenvalue weighted by Crippen LogP contribution is 2.60. The van der Waals surface area contributed by atoms with Crippen LogP contribution < -0.4 is 9.80 Å². The van der Waals surface area contributed by atoms with Crippen LogP contribution in [0.2, 0.25) is 0 Å². The second-order valence-corrected chi connectivity index (χ2v) is 34.1. The predicted octanol–water partition coefficient (Wildman–Crippen LogP) is 31.5. The van der Waals surface area contributed by atoms with Gasteiger partial charge >= 0.3 is 0 Å². The summed E-state index contributed by atoms with van der Waals surface area (Å²) < 4.78 is 0. The van der Waals surface area contributed by atoms with Crippen LogP contribution in [0.4, 0.5) is 34.1 Å². The zero-order valence-electron chi connectivity index (χ0n) is 68.8. The lowest BCUT2D eigenvalue weighted by Gasteiger charge is -2.35. The molecule has 2 nitrogen and oxygen atoms in total. The Labute approximate surface area is 716 Å². The van der Waals surface area contributed by atoms with Crippen molar-refractivity contribution in [1.29, 1.82) is 0 Å². The fourth-order valence-electron chi connectivity index (χ4n) is 21.2. The summed E-state index contributed by atoms with van der Waals surface area (Å²) in [6.07, 6.45) is 0. The Morgan fingerprint density at radius 2 is 0.426 bits per heavy atom. The summed E-state index contributed by atoms with van der Waals surface area (Å²) in [4.78, 5) is 4.90. The average Bonchev–Trinajstić information content (AvgIpc) is 1.53. The summed E-state index contributed by atoms with van der Waals surface area (Å²) in [6, 6.07) is 171. The highest BCUT2D eigenvalue weighted by atomic mass is 15.2. The van der Waals surface area contributed by atoms with Gasteiger partial charge in [-0.1, -0.05) is 422 Å². The van der Waals surface area contributed by atoms with Crippen LogP contribution in [0, 0.1) is 0 Å². The van der Waals surface area contributed by atoms with Crippen LogP contribution in [0.5, 0.6) is 0 Å². The molecule has 0 saturated carbocycles. The summed E-state index contributed by atoms with van der Waals surface area (Å²) in [5.74, 6) is 0. The van der Waals surface area contributed by atoms with E-state index in [2.05, 4.69) is 499 Å². The van der Waals surface area contributed by atoms with Crippen molar-refractivity contribution in [2.24, 2.45) is 0 Å². The minimum absolute atomic E-state index is 0.0947. The molecule has 0 bridgehead atoms. The normalized spacial score (nSPS) is 13.8. The van der Waals surface area contributed by atoms with Gasteiger partial charge < -0.3 is 9.80 Å². The number of fused-ring (bicyclic) bond motifs is 13. The van der Waals surface area contributed by atoms with Crippen molar-refractivity contribution < 1.29 is 0 Å². The van der Waals surface area contributed by atoms with Gasteiger partial charge in [0.05, 0.1) is 16.5 Å². The van der Waals surface area contributed by atoms with Gasteiger partial charge in [0.1, 0.15) is 0 Å². The van der Waals surface area contributed by atoms with Crippen molar-refractivity contribution in [1.82, 2.24) is 0 Å². The first-order valence-electron chi connectivity index (χ1n) is 42.8. The van der Waals surface area contributed by atoms with E-state index in [0.29, 0.717) is 0 Å². The molecule has 0 N–H and O–H groups in total. The molecule has 0 heterocycles. The highest BCUT2D eigenvalue weighted by molar-refractivity contribution is 6.07. The van der Waals surface area contributed by atoms with Crippen molar-refractivity contribution in [3.63, 3.8) is 0 Å². The summed E-state index contributed by atoms with van der Waals surface area (Å²) >= 11 is 0. The molecule has 4 aliphatic carbocycles. The molecule has 0 atom stereocenters. The Morgan fingerprint density at radius 1 is 0.164 bits per heavy atom. The van der Waals surface area contributed by atoms with E-state index < -0.39 is 10.8 Å². The largest absolute Gasteiger partial charge is 0.310 e. The molecule has 0 unspecified atom stereocenters. The molecule has 19 aromatic carbocycles. The molecule has 578 valence electrons. The van der Waals surface area contributed by atoms with E-state index in [0.717, 1.165) is 34.1 Å². The number of nitrogens with zero attached hydrogens (tertiary/aromatic N) is 2. The quantitative estimate of drug-likeness (QED) is 0.107. The molecule has 23 rings (SSSR count). The molecule has 0 amide bonds. The van der Waals surface area contributed by atoms with Crippen LogP contribution >= 0.6 is 0 Å². The van der Waals surface area contributed by atoms with Gasteiger partial charge in [-0.05, 0) is 222 Å². The van der Waals surface area contributed by atoms with Crippen LogP contribution in [-0.4, -0.2) is 0 Å². The molecular formula is C120H88N2. The van der Waals surface area contributed by atoms with Crippen LogP contribution in [0.25, 0.3) is 99.8 Å². The molecule has 0 fully saturated rings. The minimum Gasteiger partial charge on any atom is -0.310 e. The molecule has 2 heteroatoms. The molecule has 4 aliphatic rings. The molecule has 0 saturated heterocycles. The van der Waals surface area contributed by atoms with Crippen molar-refractivity contribution in [2.75, 3.05) is 9.80 Å². The van der Waals surface area contributed by atoms with Crippen molar-refractivity contribution in [3.05, 3.63) is 528 Å². The van der Waals surface area contributed by atoms with Gasteiger partial charge in [0, 0.05) is 50.2 Å². The standard InChI is InChI=1S/C62H45N.C58H43N/c1-61(2)56-26-14-11-23-52(56)55-40-32-45(41-59(55)61)51-39-31-44-19-9-10-22-50(44)60(51)63(48-35-29-43(30-36-48)42-17-5-3-6-18-42)49-37-33-47(34-38-49)62(46-20-7-4-8-21-46)57-27-15-12-24-53(57)54-25-13-16-28-58(54)62;1-57(2)53-22-12-9-19-49(53)52-38-37-48(39-56(52)57)59(46-33-27-42(28-34-46)40-15-5-3-6-16-40)47-35-29-43(30-36-47)41-25-31-45(32-26-41)58(44-17-7-4-8-18-44)54-23-13-10-20-50(54)51-21-11-14-24-55(51)58/h3-41H,1-2H3;3-39H,1-2H3. The van der Waals surface area contributed by atoms with Crippen molar-refractivity contribution in [2.45, 2.75) is 49.4 Å². The summed E-state index contributed by atoms with van der Waals surface area (Å²) in [5, 5.41) is 2.41. The first-order chi connectivity index (χ1) is 60.0. The second kappa shape index (κ2) is 29.5. The third-order valence-corrected chi connectivity index (χ3v) is 27.0. The molecule has 19 aromatic rings. The predicted molar refractivity (Wildman–Crippen MR) is 511 cm³/mol. The topological polar surface area (TPSA) is 6.48 Å². The maximum Gasteiger partial charge on any atom is 0.0713 e. The number of hydrogen-bond donors (Lipinski definition) is 0. The maximum atomic E-state index is 2.50. The molecule has 0 radical (unpaired) electrons. The third kappa shape index (κ3) is 11.8. The molecule has 0 aliphatic heterocycles. The van der Waals surface area contributed by atoms with Gasteiger partial charge in [0.2, 0.25) is 0 Å². The summed E-state index contributed by atoms with van der Waals surface area (Å²) in [5.41, 5.74) is 41.7. The SMILES string of the molecule is CC1(C)c2ccccc2-c2ccc(-c3ccc4ccccc4c3N(c3ccc(-c4ccccc4)cc3)c3ccc(C4(c5ccccc5)c5ccccc5-c5ccccc54)cc3)cc21.CC1(C)c2ccccc2-c2ccc(N(c3ccc(-c4ccccc4)cc3)c3ccc(-c4ccc(C5(c6ccccc6)c6ccccc6-c6ccccc65)cc4)cc3)cc21. The highest BCUT2D eigenvalue weighted by Gasteiger charge is 2.48. The maximum absolute atomic E-state index is 2.50. The van der Waals surface area contributed by atoms with Gasteiger partial charge in [0.25, 0.3) is 0 Å². The number of benzene rings is 19. The van der Waals surface area contributed by atoms with Crippen LogP contribution in [0.3, 0.4) is 0 Å². The Hall–Kier alpha value is -15.0. The van der Waals surface area contributed by atoms with E-state index >= 15 is 0 Å². The Balaban J connectivity index is 0.000000146. The van der Waals surface area contributed by atoms with E-state index in [-0.39, 0.29) is 10.8 Å². The fourth-order valence-corrected chi connectivity index (χ4v) is 21.2. The lowest BCUT2D eigenvalue weighted by Crippen LogP contribution is -2.28. The first-order valence-corrected chi connectivity index (χ1v) is 42.8. The number of anilines is 6. The van der Waals surface area contributed by atoms with E-state index in [4.69, 9.17) is 0 Å². The van der Waals surface area contributed by atoms with Crippen LogP contribution in [0.1, 0.15) is 94.5 Å². The first kappa shape index (κ1) is 73.4. The summed E-state index contributed by atoms with van der Waals surface area (Å²) in [6.45, 7) is 9.45. The smallest absolute Gasteiger partial charge is 0.0713 e. The van der Waals surface area contributed by atoms with E-state index in [1.54, 1.807) is 0 Å². The lowest BCUT2D eigenvalue weighted by atomic mass is 9.67. The van der Waals surface area contributed by atoms with Gasteiger partial charge in [-0.25, -0.2) is 0 Å². The van der Waals surface area contributed by atoms with Gasteiger partial charge in [-0.2, -0.15) is 0 Å². The zero-order chi connectivity index (χ0) is 81.7. The molecule has 0 aromatic heterocycles.